The lowest BCUT2D eigenvalue weighted by atomic mass is 10.2. The van der Waals surface area contributed by atoms with Gasteiger partial charge in [-0.1, -0.05) is 46.9 Å². The van der Waals surface area contributed by atoms with Crippen molar-refractivity contribution in [2.45, 2.75) is 20.5 Å². The third kappa shape index (κ3) is 7.11. The van der Waals surface area contributed by atoms with Crippen molar-refractivity contribution in [3.8, 4) is 11.5 Å². The van der Waals surface area contributed by atoms with E-state index in [9.17, 15) is 9.59 Å². The lowest BCUT2D eigenvalue weighted by Gasteiger charge is -2.14. The van der Waals surface area contributed by atoms with Gasteiger partial charge in [0.2, 0.25) is 0 Å². The van der Waals surface area contributed by atoms with Crippen LogP contribution in [0.4, 0.5) is 5.69 Å². The summed E-state index contributed by atoms with van der Waals surface area (Å²) in [6.45, 7) is 4.14. The Morgan fingerprint density at radius 3 is 2.31 bits per heavy atom. The van der Waals surface area contributed by atoms with Gasteiger partial charge in [0.25, 0.3) is 0 Å². The quantitative estimate of drug-likeness (QED) is 0.210. The van der Waals surface area contributed by atoms with Crippen molar-refractivity contribution in [2.75, 3.05) is 11.9 Å². The highest BCUT2D eigenvalue weighted by atomic mass is 35.5. The first-order chi connectivity index (χ1) is 16.8. The standard InChI is InChI=1S/C25H22Cl3N3O4/c1-3-34-23-12-16(10-11-22(23)35-14-17-19(27)7-4-8-20(17)28)13-29-31-25(33)24(32)30-21-9-5-6-18(26)15(21)2/h4-13H,3,14H2,1-2H3,(H,30,32)(H,31,33)/b29-13+. The van der Waals surface area contributed by atoms with E-state index >= 15 is 0 Å². The van der Waals surface area contributed by atoms with E-state index in [0.717, 1.165) is 0 Å². The van der Waals surface area contributed by atoms with Crippen molar-refractivity contribution in [3.05, 3.63) is 86.4 Å². The van der Waals surface area contributed by atoms with Crippen LogP contribution in [0.2, 0.25) is 15.1 Å². The molecule has 3 rings (SSSR count). The number of hydrazone groups is 1. The molecular weight excluding hydrogens is 513 g/mol. The summed E-state index contributed by atoms with van der Waals surface area (Å²) in [5.41, 5.74) is 4.57. The first kappa shape index (κ1) is 26.3. The van der Waals surface area contributed by atoms with E-state index in [2.05, 4.69) is 15.8 Å². The van der Waals surface area contributed by atoms with Crippen LogP contribution in [0.3, 0.4) is 0 Å². The zero-order valence-corrected chi connectivity index (χ0v) is 21.2. The SMILES string of the molecule is CCOc1cc(/C=N/NC(=O)C(=O)Nc2cccc(Cl)c2C)ccc1OCc1c(Cl)cccc1Cl. The van der Waals surface area contributed by atoms with Gasteiger partial charge in [-0.2, -0.15) is 5.10 Å². The minimum Gasteiger partial charge on any atom is -0.490 e. The van der Waals surface area contributed by atoms with Crippen LogP contribution >= 0.6 is 34.8 Å². The molecule has 35 heavy (non-hydrogen) atoms. The van der Waals surface area contributed by atoms with Gasteiger partial charge < -0.3 is 14.8 Å². The van der Waals surface area contributed by atoms with Crippen molar-refractivity contribution < 1.29 is 19.1 Å². The Balaban J connectivity index is 1.63. The summed E-state index contributed by atoms with van der Waals surface area (Å²) < 4.78 is 11.5. The number of amides is 2. The summed E-state index contributed by atoms with van der Waals surface area (Å²) in [6.07, 6.45) is 1.38. The predicted molar refractivity (Wildman–Crippen MR) is 139 cm³/mol. The van der Waals surface area contributed by atoms with Crippen LogP contribution in [0.15, 0.2) is 59.7 Å². The molecule has 182 valence electrons. The van der Waals surface area contributed by atoms with E-state index in [-0.39, 0.29) is 6.61 Å². The zero-order chi connectivity index (χ0) is 25.4. The van der Waals surface area contributed by atoms with E-state index in [0.29, 0.717) is 55.6 Å². The number of nitrogens with one attached hydrogen (secondary N) is 2. The zero-order valence-electron chi connectivity index (χ0n) is 18.9. The van der Waals surface area contributed by atoms with Gasteiger partial charge >= 0.3 is 11.8 Å². The summed E-state index contributed by atoms with van der Waals surface area (Å²) in [5, 5.41) is 7.84. The first-order valence-electron chi connectivity index (χ1n) is 10.5. The molecule has 0 fully saturated rings. The molecule has 0 aliphatic carbocycles. The summed E-state index contributed by atoms with van der Waals surface area (Å²) in [7, 11) is 0. The van der Waals surface area contributed by atoms with Gasteiger partial charge in [0, 0.05) is 26.3 Å². The minimum absolute atomic E-state index is 0.156. The van der Waals surface area contributed by atoms with Crippen molar-refractivity contribution >= 4 is 58.5 Å². The number of ether oxygens (including phenoxy) is 2. The number of anilines is 1. The molecule has 2 amide bonds. The molecule has 0 saturated heterocycles. The highest BCUT2D eigenvalue weighted by molar-refractivity contribution is 6.40. The molecule has 3 aromatic rings. The first-order valence-corrected chi connectivity index (χ1v) is 11.7. The molecule has 10 heteroatoms. The van der Waals surface area contributed by atoms with Crippen LogP contribution in [0.25, 0.3) is 0 Å². The molecular formula is C25H22Cl3N3O4. The number of benzene rings is 3. The molecule has 0 radical (unpaired) electrons. The van der Waals surface area contributed by atoms with Gasteiger partial charge in [-0.15, -0.1) is 0 Å². The van der Waals surface area contributed by atoms with Gasteiger partial charge in [0.1, 0.15) is 6.61 Å². The average molecular weight is 535 g/mol. The lowest BCUT2D eigenvalue weighted by molar-refractivity contribution is -0.136. The van der Waals surface area contributed by atoms with Crippen molar-refractivity contribution in [3.63, 3.8) is 0 Å². The van der Waals surface area contributed by atoms with Crippen molar-refractivity contribution in [1.82, 2.24) is 5.43 Å². The van der Waals surface area contributed by atoms with E-state index in [1.54, 1.807) is 61.5 Å². The second kappa shape index (κ2) is 12.4. The topological polar surface area (TPSA) is 89.0 Å². The van der Waals surface area contributed by atoms with Crippen LogP contribution in [0.1, 0.15) is 23.6 Å². The molecule has 0 unspecified atom stereocenters. The Morgan fingerprint density at radius 2 is 1.60 bits per heavy atom. The maximum Gasteiger partial charge on any atom is 0.329 e. The maximum atomic E-state index is 12.1. The van der Waals surface area contributed by atoms with Crippen LogP contribution in [0, 0.1) is 6.92 Å². The van der Waals surface area contributed by atoms with Crippen LogP contribution in [0.5, 0.6) is 11.5 Å². The van der Waals surface area contributed by atoms with E-state index in [1.165, 1.54) is 6.21 Å². The Kier molecular flexibility index (Phi) is 9.37. The fraction of sp³-hybridized carbons (Fsp3) is 0.160. The minimum atomic E-state index is -0.928. The van der Waals surface area contributed by atoms with Gasteiger partial charge in [-0.25, -0.2) is 5.43 Å². The molecule has 0 spiro atoms. The van der Waals surface area contributed by atoms with Gasteiger partial charge in [0.05, 0.1) is 12.8 Å². The van der Waals surface area contributed by atoms with Gasteiger partial charge in [0.15, 0.2) is 11.5 Å². The maximum absolute atomic E-state index is 12.1. The van der Waals surface area contributed by atoms with E-state index < -0.39 is 11.8 Å². The molecule has 7 nitrogen and oxygen atoms in total. The number of halogens is 3. The Hall–Kier alpha value is -3.26. The molecule has 0 aromatic heterocycles. The number of rotatable bonds is 8. The Bertz CT molecular complexity index is 1240. The van der Waals surface area contributed by atoms with E-state index in [1.807, 2.05) is 6.92 Å². The monoisotopic (exact) mass is 533 g/mol. The number of nitrogens with zero attached hydrogens (tertiary/aromatic N) is 1. The van der Waals surface area contributed by atoms with E-state index in [4.69, 9.17) is 44.3 Å². The van der Waals surface area contributed by atoms with Crippen molar-refractivity contribution in [2.24, 2.45) is 5.10 Å². The average Bonchev–Trinajstić information content (AvgIpc) is 2.83. The predicted octanol–water partition coefficient (Wildman–Crippen LogP) is 6.02. The fourth-order valence-electron chi connectivity index (χ4n) is 2.95. The Morgan fingerprint density at radius 1 is 0.914 bits per heavy atom. The molecule has 3 aromatic carbocycles. The van der Waals surface area contributed by atoms with Gasteiger partial charge in [-0.3, -0.25) is 9.59 Å². The summed E-state index contributed by atoms with van der Waals surface area (Å²) in [5.74, 6) is -0.841. The van der Waals surface area contributed by atoms with Crippen LogP contribution < -0.4 is 20.2 Å². The number of carbonyl (C=O) groups is 2. The van der Waals surface area contributed by atoms with Crippen LogP contribution in [-0.4, -0.2) is 24.6 Å². The Labute approximate surface area is 218 Å². The summed E-state index contributed by atoms with van der Waals surface area (Å²) >= 11 is 18.4. The third-order valence-electron chi connectivity index (χ3n) is 4.80. The fourth-order valence-corrected chi connectivity index (χ4v) is 3.63. The molecule has 0 bridgehead atoms. The van der Waals surface area contributed by atoms with Gasteiger partial charge in [-0.05, 0) is 67.4 Å². The second-order valence-corrected chi connectivity index (χ2v) is 8.42. The molecule has 0 aliphatic heterocycles. The largest absolute Gasteiger partial charge is 0.490 e. The highest BCUT2D eigenvalue weighted by Gasteiger charge is 2.15. The van der Waals surface area contributed by atoms with Crippen molar-refractivity contribution in [1.29, 1.82) is 0 Å². The second-order valence-electron chi connectivity index (χ2n) is 7.19. The highest BCUT2D eigenvalue weighted by Crippen LogP contribution is 2.31. The smallest absolute Gasteiger partial charge is 0.329 e. The number of hydrogen-bond donors (Lipinski definition) is 2. The third-order valence-corrected chi connectivity index (χ3v) is 5.92. The number of carbonyl (C=O) groups excluding carboxylic acids is 2. The molecule has 2 N–H and O–H groups in total. The molecule has 0 saturated carbocycles. The molecule has 0 aliphatic rings. The van der Waals surface area contributed by atoms with Crippen LogP contribution in [-0.2, 0) is 16.2 Å². The lowest BCUT2D eigenvalue weighted by Crippen LogP contribution is -2.32. The number of hydrogen-bond acceptors (Lipinski definition) is 5. The summed E-state index contributed by atoms with van der Waals surface area (Å²) in [4.78, 5) is 24.2. The molecule has 0 atom stereocenters. The summed E-state index contributed by atoms with van der Waals surface area (Å²) in [6, 6.07) is 15.4. The molecule has 0 heterocycles. The normalized spacial score (nSPS) is 10.8.